The van der Waals surface area contributed by atoms with Crippen LogP contribution in [-0.4, -0.2) is 27.5 Å². The van der Waals surface area contributed by atoms with Gasteiger partial charge in [-0.05, 0) is 37.6 Å². The van der Waals surface area contributed by atoms with Gasteiger partial charge in [-0.15, -0.1) is 0 Å². The number of rotatable bonds is 7. The molecule has 1 aliphatic rings. The molecule has 7 nitrogen and oxygen atoms in total. The Morgan fingerprint density at radius 2 is 2.03 bits per heavy atom. The number of hydrogen-bond acceptors (Lipinski definition) is 5. The number of aliphatic carboxylic acids is 1. The number of ether oxygens (including phenoxy) is 2. The highest BCUT2D eigenvalue weighted by Crippen LogP contribution is 2.40. The number of nitrogens with zero attached hydrogens (tertiary/aromatic N) is 2. The molecule has 0 spiro atoms. The predicted octanol–water partition coefficient (Wildman–Crippen LogP) is 5.27. The summed E-state index contributed by atoms with van der Waals surface area (Å²) in [7, 11) is 0. The number of carbonyl (C=O) groups is 1. The smallest absolute Gasteiger partial charge is 0.307 e. The van der Waals surface area contributed by atoms with Crippen molar-refractivity contribution < 1.29 is 19.4 Å². The monoisotopic (exact) mass is 471 g/mol. The van der Waals surface area contributed by atoms with E-state index in [9.17, 15) is 9.90 Å². The summed E-state index contributed by atoms with van der Waals surface area (Å²) >= 11 is 0. The number of fused-ring (bicyclic) bond motifs is 2. The largest absolute Gasteiger partial charge is 0.493 e. The fraction of sp³-hybridized carbons (Fsp3) is 0.286. The Bertz CT molecular complexity index is 1390. The van der Waals surface area contributed by atoms with Crippen molar-refractivity contribution in [1.82, 2.24) is 9.78 Å². The van der Waals surface area contributed by atoms with Crippen LogP contribution in [0.15, 0.2) is 60.7 Å². The van der Waals surface area contributed by atoms with Crippen LogP contribution in [0.2, 0.25) is 0 Å². The number of benzene rings is 3. The van der Waals surface area contributed by atoms with Gasteiger partial charge in [0, 0.05) is 40.6 Å². The van der Waals surface area contributed by atoms with E-state index in [4.69, 9.17) is 20.3 Å². The fourth-order valence-corrected chi connectivity index (χ4v) is 4.65. The molecule has 1 atom stereocenters. The van der Waals surface area contributed by atoms with Gasteiger partial charge in [-0.1, -0.05) is 42.5 Å². The summed E-state index contributed by atoms with van der Waals surface area (Å²) in [4.78, 5) is 11.3. The van der Waals surface area contributed by atoms with Crippen molar-refractivity contribution in [3.05, 3.63) is 77.5 Å². The Hall–Kier alpha value is -3.84. The molecule has 0 aliphatic carbocycles. The maximum absolute atomic E-state index is 11.3. The van der Waals surface area contributed by atoms with Gasteiger partial charge in [0.1, 0.15) is 23.8 Å². The summed E-state index contributed by atoms with van der Waals surface area (Å²) in [6, 6.07) is 19.8. The Morgan fingerprint density at radius 3 is 2.83 bits per heavy atom. The fourth-order valence-electron chi connectivity index (χ4n) is 4.65. The van der Waals surface area contributed by atoms with Crippen molar-refractivity contribution in [3.63, 3.8) is 0 Å². The summed E-state index contributed by atoms with van der Waals surface area (Å²) in [5.41, 5.74) is 11.9. The molecule has 1 aliphatic heterocycles. The van der Waals surface area contributed by atoms with Gasteiger partial charge in [0.15, 0.2) is 0 Å². The van der Waals surface area contributed by atoms with E-state index in [2.05, 4.69) is 38.1 Å². The second kappa shape index (κ2) is 9.43. The van der Waals surface area contributed by atoms with E-state index in [1.165, 1.54) is 0 Å². The molecule has 3 N–H and O–H groups in total. The molecule has 3 aromatic carbocycles. The standard InChI is InChI=1S/C28H29N3O4/c1-17(2)31-25-11-10-18(20-7-5-8-21-23(29)12-13-34-28(20)21)14-22(25)24(30-31)16-35-26-9-4-3-6-19(26)15-27(32)33/h3-11,14,17,23H,12-13,15-16,29H2,1-2H3,(H,32,33). The van der Waals surface area contributed by atoms with Crippen LogP contribution in [0.1, 0.15) is 49.2 Å². The molecular formula is C28H29N3O4. The van der Waals surface area contributed by atoms with Gasteiger partial charge < -0.3 is 20.3 Å². The average molecular weight is 472 g/mol. The van der Waals surface area contributed by atoms with Gasteiger partial charge in [0.25, 0.3) is 0 Å². The molecule has 7 heteroatoms. The van der Waals surface area contributed by atoms with Crippen LogP contribution < -0.4 is 15.2 Å². The van der Waals surface area contributed by atoms with Crippen LogP contribution in [0.25, 0.3) is 22.0 Å². The minimum Gasteiger partial charge on any atom is -0.493 e. The average Bonchev–Trinajstić information content (AvgIpc) is 3.21. The van der Waals surface area contributed by atoms with Crippen LogP contribution in [0.4, 0.5) is 0 Å². The summed E-state index contributed by atoms with van der Waals surface area (Å²) in [5.74, 6) is 0.508. The maximum Gasteiger partial charge on any atom is 0.307 e. The van der Waals surface area contributed by atoms with E-state index in [0.717, 1.165) is 45.5 Å². The third-order valence-electron chi connectivity index (χ3n) is 6.38. The van der Waals surface area contributed by atoms with Crippen molar-refractivity contribution in [3.8, 4) is 22.6 Å². The number of para-hydroxylation sites is 2. The lowest BCUT2D eigenvalue weighted by Gasteiger charge is -2.25. The molecular weight excluding hydrogens is 442 g/mol. The van der Waals surface area contributed by atoms with Crippen LogP contribution in [0.5, 0.6) is 11.5 Å². The molecule has 0 fully saturated rings. The second-order valence-electron chi connectivity index (χ2n) is 9.15. The molecule has 0 bridgehead atoms. The van der Waals surface area contributed by atoms with E-state index < -0.39 is 5.97 Å². The molecule has 35 heavy (non-hydrogen) atoms. The highest BCUT2D eigenvalue weighted by Gasteiger charge is 2.22. The van der Waals surface area contributed by atoms with Crippen LogP contribution in [0, 0.1) is 0 Å². The molecule has 2 heterocycles. The zero-order valence-electron chi connectivity index (χ0n) is 19.9. The Balaban J connectivity index is 1.54. The van der Waals surface area contributed by atoms with Crippen LogP contribution in [0.3, 0.4) is 0 Å². The lowest BCUT2D eigenvalue weighted by atomic mass is 9.94. The molecule has 0 saturated carbocycles. The van der Waals surface area contributed by atoms with Crippen molar-refractivity contribution in [2.75, 3.05) is 6.61 Å². The first-order chi connectivity index (χ1) is 16.9. The van der Waals surface area contributed by atoms with Gasteiger partial charge in [-0.3, -0.25) is 9.48 Å². The quantitative estimate of drug-likeness (QED) is 0.381. The number of carboxylic acids is 1. The third kappa shape index (κ3) is 4.47. The Morgan fingerprint density at radius 1 is 1.20 bits per heavy atom. The predicted molar refractivity (Wildman–Crippen MR) is 135 cm³/mol. The summed E-state index contributed by atoms with van der Waals surface area (Å²) in [6.07, 6.45) is 0.713. The third-order valence-corrected chi connectivity index (χ3v) is 6.38. The number of aromatic nitrogens is 2. The topological polar surface area (TPSA) is 99.6 Å². The van der Waals surface area contributed by atoms with Gasteiger partial charge in [-0.2, -0.15) is 5.10 Å². The van der Waals surface area contributed by atoms with Crippen molar-refractivity contribution in [1.29, 1.82) is 0 Å². The lowest BCUT2D eigenvalue weighted by Crippen LogP contribution is -2.20. The van der Waals surface area contributed by atoms with Gasteiger partial charge in [0.2, 0.25) is 0 Å². The van der Waals surface area contributed by atoms with Crippen molar-refractivity contribution in [2.45, 2.75) is 45.4 Å². The van der Waals surface area contributed by atoms with E-state index >= 15 is 0 Å². The summed E-state index contributed by atoms with van der Waals surface area (Å²) in [5, 5.41) is 15.1. The van der Waals surface area contributed by atoms with Crippen molar-refractivity contribution in [2.24, 2.45) is 5.73 Å². The first kappa shape index (κ1) is 22.9. The van der Waals surface area contributed by atoms with Crippen LogP contribution in [-0.2, 0) is 17.8 Å². The van der Waals surface area contributed by atoms with E-state index in [0.29, 0.717) is 17.9 Å². The number of nitrogens with two attached hydrogens (primary N) is 1. The van der Waals surface area contributed by atoms with Crippen LogP contribution >= 0.6 is 0 Å². The molecule has 0 amide bonds. The Kier molecular flexibility index (Phi) is 6.17. The number of hydrogen-bond donors (Lipinski definition) is 2. The summed E-state index contributed by atoms with van der Waals surface area (Å²) in [6.45, 7) is 5.02. The first-order valence-corrected chi connectivity index (χ1v) is 11.9. The van der Waals surface area contributed by atoms with Gasteiger partial charge >= 0.3 is 5.97 Å². The normalized spacial score (nSPS) is 15.1. The highest BCUT2D eigenvalue weighted by molar-refractivity contribution is 5.88. The number of carboxylic acid groups (broad SMARTS) is 1. The van der Waals surface area contributed by atoms with E-state index in [-0.39, 0.29) is 25.1 Å². The maximum atomic E-state index is 11.3. The highest BCUT2D eigenvalue weighted by atomic mass is 16.5. The molecule has 1 unspecified atom stereocenters. The lowest BCUT2D eigenvalue weighted by molar-refractivity contribution is -0.136. The van der Waals surface area contributed by atoms with E-state index in [1.54, 1.807) is 12.1 Å². The van der Waals surface area contributed by atoms with Gasteiger partial charge in [-0.25, -0.2) is 0 Å². The Labute approximate surface area is 204 Å². The second-order valence-corrected chi connectivity index (χ2v) is 9.15. The molecule has 1 aromatic heterocycles. The minimum absolute atomic E-state index is 0.0269. The first-order valence-electron chi connectivity index (χ1n) is 11.9. The molecule has 0 saturated heterocycles. The zero-order valence-corrected chi connectivity index (χ0v) is 19.9. The van der Waals surface area contributed by atoms with Gasteiger partial charge in [0.05, 0.1) is 18.5 Å². The van der Waals surface area contributed by atoms with E-state index in [1.807, 2.05) is 28.9 Å². The van der Waals surface area contributed by atoms with Crippen molar-refractivity contribution >= 4 is 16.9 Å². The minimum atomic E-state index is -0.895. The SMILES string of the molecule is CC(C)n1nc(COc2ccccc2CC(=O)O)c2cc(-c3cccc4c3OCCC4N)ccc21. The molecule has 0 radical (unpaired) electrons. The summed E-state index contributed by atoms with van der Waals surface area (Å²) < 4.78 is 14.1. The zero-order chi connectivity index (χ0) is 24.5. The molecule has 4 aromatic rings. The molecule has 5 rings (SSSR count). The molecule has 180 valence electrons.